The lowest BCUT2D eigenvalue weighted by Crippen LogP contribution is -2.22. The molecular formula is C15H14F2N2O4. The van der Waals surface area contributed by atoms with E-state index in [-0.39, 0.29) is 22.6 Å². The maximum absolute atomic E-state index is 12.4. The van der Waals surface area contributed by atoms with Gasteiger partial charge in [0, 0.05) is 18.8 Å². The van der Waals surface area contributed by atoms with Crippen LogP contribution in [0.3, 0.4) is 0 Å². The van der Waals surface area contributed by atoms with Crippen molar-refractivity contribution in [2.75, 3.05) is 13.7 Å². The van der Waals surface area contributed by atoms with Crippen LogP contribution in [0.1, 0.15) is 10.4 Å². The van der Waals surface area contributed by atoms with Crippen LogP contribution in [-0.4, -0.2) is 35.9 Å². The number of aromatic nitrogens is 2. The quantitative estimate of drug-likeness (QED) is 0.785. The van der Waals surface area contributed by atoms with E-state index in [9.17, 15) is 18.4 Å². The highest BCUT2D eigenvalue weighted by atomic mass is 19.3. The highest BCUT2D eigenvalue weighted by Crippen LogP contribution is 2.26. The third-order valence-corrected chi connectivity index (χ3v) is 2.95. The zero-order chi connectivity index (χ0) is 17.0. The smallest absolute Gasteiger partial charge is 0.343 e. The number of carbonyl (C=O) groups is 1. The summed E-state index contributed by atoms with van der Waals surface area (Å²) in [5.74, 6) is -0.723. The fourth-order valence-corrected chi connectivity index (χ4v) is 1.98. The maximum Gasteiger partial charge on any atom is 0.343 e. The molecule has 1 aromatic heterocycles. The second kappa shape index (κ2) is 6.99. The molecule has 0 spiro atoms. The van der Waals surface area contributed by atoms with Crippen molar-refractivity contribution in [1.82, 2.24) is 9.78 Å². The standard InChI is InChI=1S/C15H14F2N2O4/c1-19-7-10(15(21)22-2)14(20)13(18-19)9-5-3-4-6-11(9)23-8-12(16)17/h3-7,12H,8H2,1-2H3. The van der Waals surface area contributed by atoms with Crippen molar-refractivity contribution in [3.63, 3.8) is 0 Å². The van der Waals surface area contributed by atoms with Gasteiger partial charge in [0.15, 0.2) is 0 Å². The minimum atomic E-state index is -2.65. The summed E-state index contributed by atoms with van der Waals surface area (Å²) in [6.07, 6.45) is -1.42. The highest BCUT2D eigenvalue weighted by Gasteiger charge is 2.19. The van der Waals surface area contributed by atoms with Crippen molar-refractivity contribution in [2.24, 2.45) is 7.05 Å². The van der Waals surface area contributed by atoms with Gasteiger partial charge >= 0.3 is 5.97 Å². The van der Waals surface area contributed by atoms with Gasteiger partial charge < -0.3 is 9.47 Å². The Hall–Kier alpha value is -2.77. The van der Waals surface area contributed by atoms with Crippen molar-refractivity contribution in [1.29, 1.82) is 0 Å². The number of hydrogen-bond donors (Lipinski definition) is 0. The second-order valence-corrected chi connectivity index (χ2v) is 4.58. The fourth-order valence-electron chi connectivity index (χ4n) is 1.98. The molecule has 0 aliphatic carbocycles. The van der Waals surface area contributed by atoms with Crippen LogP contribution in [0.4, 0.5) is 8.78 Å². The van der Waals surface area contributed by atoms with Crippen LogP contribution in [0.15, 0.2) is 35.3 Å². The topological polar surface area (TPSA) is 70.4 Å². The molecule has 1 aromatic carbocycles. The van der Waals surface area contributed by atoms with E-state index in [0.29, 0.717) is 0 Å². The summed E-state index contributed by atoms with van der Waals surface area (Å²) < 4.78 is 35.5. The van der Waals surface area contributed by atoms with Gasteiger partial charge in [0.2, 0.25) is 5.43 Å². The SMILES string of the molecule is COC(=O)c1cn(C)nc(-c2ccccc2OCC(F)F)c1=O. The van der Waals surface area contributed by atoms with Crippen molar-refractivity contribution in [3.05, 3.63) is 46.2 Å². The first kappa shape index (κ1) is 16.6. The van der Waals surface area contributed by atoms with E-state index in [2.05, 4.69) is 9.84 Å². The number of para-hydroxylation sites is 1. The van der Waals surface area contributed by atoms with E-state index < -0.39 is 24.4 Å². The molecule has 0 N–H and O–H groups in total. The van der Waals surface area contributed by atoms with Gasteiger partial charge in [0.05, 0.1) is 7.11 Å². The Labute approximate surface area is 130 Å². The number of ether oxygens (including phenoxy) is 2. The van der Waals surface area contributed by atoms with Crippen molar-refractivity contribution >= 4 is 5.97 Å². The van der Waals surface area contributed by atoms with E-state index >= 15 is 0 Å². The van der Waals surface area contributed by atoms with E-state index in [4.69, 9.17) is 4.74 Å². The lowest BCUT2D eigenvalue weighted by molar-refractivity contribution is 0.0598. The molecule has 8 heteroatoms. The van der Waals surface area contributed by atoms with Crippen LogP contribution < -0.4 is 10.2 Å². The molecule has 0 aliphatic rings. The largest absolute Gasteiger partial charge is 0.487 e. The monoisotopic (exact) mass is 324 g/mol. The van der Waals surface area contributed by atoms with Gasteiger partial charge in [-0.2, -0.15) is 5.10 Å². The van der Waals surface area contributed by atoms with Gasteiger partial charge in [0.1, 0.15) is 23.6 Å². The fraction of sp³-hybridized carbons (Fsp3) is 0.267. The number of hydrogen-bond acceptors (Lipinski definition) is 5. The Morgan fingerprint density at radius 1 is 1.35 bits per heavy atom. The molecule has 6 nitrogen and oxygen atoms in total. The summed E-state index contributed by atoms with van der Waals surface area (Å²) in [6, 6.07) is 6.14. The number of benzene rings is 1. The molecule has 1 heterocycles. The van der Waals surface area contributed by atoms with E-state index in [1.54, 1.807) is 12.1 Å². The number of methoxy groups -OCH3 is 1. The van der Waals surface area contributed by atoms with Crippen LogP contribution in [0.2, 0.25) is 0 Å². The van der Waals surface area contributed by atoms with Gasteiger partial charge in [-0.25, -0.2) is 13.6 Å². The Balaban J connectivity index is 2.57. The summed E-state index contributed by atoms with van der Waals surface area (Å²) in [7, 11) is 2.68. The third kappa shape index (κ3) is 3.71. The average Bonchev–Trinajstić information content (AvgIpc) is 2.54. The molecule has 0 atom stereocenters. The summed E-state index contributed by atoms with van der Waals surface area (Å²) in [4.78, 5) is 24.1. The molecule has 0 aliphatic heterocycles. The van der Waals surface area contributed by atoms with Gasteiger partial charge in [0.25, 0.3) is 6.43 Å². The van der Waals surface area contributed by atoms with Crippen LogP contribution in [0.25, 0.3) is 11.3 Å². The predicted molar refractivity (Wildman–Crippen MR) is 77.8 cm³/mol. The molecule has 2 aromatic rings. The number of esters is 1. The predicted octanol–water partition coefficient (Wildman–Crippen LogP) is 1.88. The summed E-state index contributed by atoms with van der Waals surface area (Å²) >= 11 is 0. The van der Waals surface area contributed by atoms with Crippen LogP contribution >= 0.6 is 0 Å². The first-order valence-corrected chi connectivity index (χ1v) is 6.60. The molecule has 0 radical (unpaired) electrons. The molecule has 122 valence electrons. The number of nitrogens with zero attached hydrogens (tertiary/aromatic N) is 2. The minimum Gasteiger partial charge on any atom is -0.487 e. The van der Waals surface area contributed by atoms with Gasteiger partial charge in [-0.15, -0.1) is 0 Å². The van der Waals surface area contributed by atoms with Crippen molar-refractivity contribution in [2.45, 2.75) is 6.43 Å². The first-order valence-electron chi connectivity index (χ1n) is 6.60. The van der Waals surface area contributed by atoms with Crippen LogP contribution in [0.5, 0.6) is 5.75 Å². The second-order valence-electron chi connectivity index (χ2n) is 4.58. The Morgan fingerprint density at radius 2 is 2.04 bits per heavy atom. The average molecular weight is 324 g/mol. The lowest BCUT2D eigenvalue weighted by atomic mass is 10.1. The Kier molecular flexibility index (Phi) is 5.05. The van der Waals surface area contributed by atoms with E-state index in [1.165, 1.54) is 30.1 Å². The molecule has 0 saturated heterocycles. The van der Waals surface area contributed by atoms with E-state index in [0.717, 1.165) is 7.11 Å². The van der Waals surface area contributed by atoms with Crippen molar-refractivity contribution < 1.29 is 23.0 Å². The normalized spacial score (nSPS) is 10.7. The number of aryl methyl sites for hydroxylation is 1. The number of rotatable bonds is 5. The van der Waals surface area contributed by atoms with Crippen LogP contribution in [0, 0.1) is 0 Å². The Morgan fingerprint density at radius 3 is 2.70 bits per heavy atom. The number of carbonyl (C=O) groups excluding carboxylic acids is 1. The first-order chi connectivity index (χ1) is 10.9. The molecular weight excluding hydrogens is 310 g/mol. The molecule has 0 amide bonds. The maximum atomic E-state index is 12.4. The van der Waals surface area contributed by atoms with E-state index in [1.807, 2.05) is 0 Å². The molecule has 0 bridgehead atoms. The molecule has 23 heavy (non-hydrogen) atoms. The van der Waals surface area contributed by atoms with Crippen molar-refractivity contribution in [3.8, 4) is 17.0 Å². The molecule has 0 fully saturated rings. The number of alkyl halides is 2. The summed E-state index contributed by atoms with van der Waals surface area (Å²) in [6.45, 7) is -0.811. The lowest BCUT2D eigenvalue weighted by Gasteiger charge is -2.11. The Bertz CT molecular complexity index is 774. The third-order valence-electron chi connectivity index (χ3n) is 2.95. The van der Waals surface area contributed by atoms with Gasteiger partial charge in [-0.3, -0.25) is 9.48 Å². The van der Waals surface area contributed by atoms with Crippen LogP contribution in [-0.2, 0) is 11.8 Å². The van der Waals surface area contributed by atoms with Gasteiger partial charge in [-0.05, 0) is 12.1 Å². The minimum absolute atomic E-state index is 0.0828. The summed E-state index contributed by atoms with van der Waals surface area (Å²) in [5, 5.41) is 4.04. The zero-order valence-corrected chi connectivity index (χ0v) is 12.5. The zero-order valence-electron chi connectivity index (χ0n) is 12.5. The van der Waals surface area contributed by atoms with Gasteiger partial charge in [-0.1, -0.05) is 12.1 Å². The molecule has 0 unspecified atom stereocenters. The summed E-state index contributed by atoms with van der Waals surface area (Å²) in [5.41, 5.74) is -0.730. The highest BCUT2D eigenvalue weighted by molar-refractivity contribution is 5.90. The molecule has 2 rings (SSSR count). The number of halogens is 2. The molecule has 0 saturated carbocycles.